The van der Waals surface area contributed by atoms with Crippen molar-refractivity contribution in [3.05, 3.63) is 97.2 Å². The van der Waals surface area contributed by atoms with Crippen LogP contribution in [-0.4, -0.2) is 70.0 Å². The molecule has 0 heterocycles. The van der Waals surface area contributed by atoms with Crippen molar-refractivity contribution in [1.29, 1.82) is 0 Å². The van der Waals surface area contributed by atoms with Crippen molar-refractivity contribution in [3.63, 3.8) is 0 Å². The van der Waals surface area contributed by atoms with Gasteiger partial charge >= 0.3 is 11.9 Å². The van der Waals surface area contributed by atoms with Crippen molar-refractivity contribution in [1.82, 2.24) is 0 Å². The highest BCUT2D eigenvalue weighted by Crippen LogP contribution is 2.38. The van der Waals surface area contributed by atoms with Crippen molar-refractivity contribution >= 4 is 19.8 Å². The molecule has 0 saturated carbocycles. The average Bonchev–Trinajstić information content (AvgIpc) is 3.39. The summed E-state index contributed by atoms with van der Waals surface area (Å²) >= 11 is 0. The maximum Gasteiger partial charge on any atom is 0.306 e. The molecule has 0 fully saturated rings. The van der Waals surface area contributed by atoms with Gasteiger partial charge in [-0.25, -0.2) is 0 Å². The van der Waals surface area contributed by atoms with E-state index in [0.717, 1.165) is 103 Å². The number of esters is 2. The van der Waals surface area contributed by atoms with Crippen LogP contribution in [0.4, 0.5) is 0 Å². The van der Waals surface area contributed by atoms with Crippen LogP contribution in [0.2, 0.25) is 0 Å². The number of carbonyl (C=O) groups excluding carboxylic acids is 2. The van der Waals surface area contributed by atoms with Crippen LogP contribution in [0, 0.1) is 0 Å². The zero-order chi connectivity index (χ0) is 56.3. The molecule has 0 bridgehead atoms. The van der Waals surface area contributed by atoms with Gasteiger partial charge in [-0.15, -0.1) is 0 Å². The first-order valence-corrected chi connectivity index (χ1v) is 32.9. The van der Waals surface area contributed by atoms with Crippen LogP contribution in [0.3, 0.4) is 0 Å². The highest BCUT2D eigenvalue weighted by Gasteiger charge is 2.22. The number of likely N-dealkylation sites (N-methyl/N-ethyl adjacent to an activating group) is 1. The number of phosphoric ester groups is 1. The SMILES string of the molecule is CC/C=C\C/C=C\C/C=C\C/C=C\C/C=C\C/C=C\CCCCCCCCCCCCCCCCCCCCCCC(=O)OC(COC(=O)CCCCCCC/C=C\C/C=C\CCCC)COP(=O)([O-])OCC[N+](C)(C)C. The third-order valence-electron chi connectivity index (χ3n) is 13.3. The Kier molecular flexibility index (Phi) is 55.3. The van der Waals surface area contributed by atoms with E-state index < -0.39 is 32.5 Å². The summed E-state index contributed by atoms with van der Waals surface area (Å²) in [6.45, 7) is 4.07. The van der Waals surface area contributed by atoms with Crippen molar-refractivity contribution < 1.29 is 42.1 Å². The van der Waals surface area contributed by atoms with Gasteiger partial charge in [-0.1, -0.05) is 259 Å². The molecule has 0 aliphatic carbocycles. The molecular weight excluding hydrogens is 978 g/mol. The Morgan fingerprint density at radius 2 is 0.740 bits per heavy atom. The molecule has 0 aliphatic rings. The van der Waals surface area contributed by atoms with Gasteiger partial charge in [-0.05, 0) is 89.9 Å². The number of hydrogen-bond donors (Lipinski definition) is 0. The van der Waals surface area contributed by atoms with E-state index in [1.54, 1.807) is 0 Å². The Labute approximate surface area is 474 Å². The third kappa shape index (κ3) is 62.0. The summed E-state index contributed by atoms with van der Waals surface area (Å²) in [5.41, 5.74) is 0. The van der Waals surface area contributed by atoms with E-state index in [1.807, 2.05) is 21.1 Å². The molecular formula is C67H118NO8P. The number of hydrogen-bond acceptors (Lipinski definition) is 8. The van der Waals surface area contributed by atoms with E-state index in [9.17, 15) is 19.0 Å². The second kappa shape index (κ2) is 57.6. The predicted octanol–water partition coefficient (Wildman–Crippen LogP) is 19.4. The zero-order valence-corrected chi connectivity index (χ0v) is 51.3. The van der Waals surface area contributed by atoms with E-state index in [1.165, 1.54) is 122 Å². The number of unbranched alkanes of at least 4 members (excludes halogenated alkanes) is 27. The van der Waals surface area contributed by atoms with Crippen molar-refractivity contribution in [3.8, 4) is 0 Å². The lowest BCUT2D eigenvalue weighted by Crippen LogP contribution is -2.37. The molecule has 0 aliphatic heterocycles. The lowest BCUT2D eigenvalue weighted by Gasteiger charge is -2.28. The average molecular weight is 1100 g/mol. The minimum absolute atomic E-state index is 0.0349. The number of ether oxygens (including phenoxy) is 2. The molecule has 0 rings (SSSR count). The fourth-order valence-electron chi connectivity index (χ4n) is 8.50. The molecule has 444 valence electrons. The van der Waals surface area contributed by atoms with Crippen LogP contribution >= 0.6 is 7.82 Å². The van der Waals surface area contributed by atoms with Gasteiger partial charge in [-0.2, -0.15) is 0 Å². The van der Waals surface area contributed by atoms with Crippen LogP contribution in [0.15, 0.2) is 97.2 Å². The minimum atomic E-state index is -4.64. The van der Waals surface area contributed by atoms with Gasteiger partial charge in [0, 0.05) is 12.8 Å². The maximum atomic E-state index is 12.8. The summed E-state index contributed by atoms with van der Waals surface area (Å²) in [5, 5.41) is 0. The molecule has 2 unspecified atom stereocenters. The summed E-state index contributed by atoms with van der Waals surface area (Å²) in [5.74, 6) is -0.846. The molecule has 0 radical (unpaired) electrons. The summed E-state index contributed by atoms with van der Waals surface area (Å²) in [6, 6.07) is 0. The first kappa shape index (κ1) is 73.9. The number of quaternary nitrogens is 1. The topological polar surface area (TPSA) is 111 Å². The normalized spacial score (nSPS) is 13.9. The van der Waals surface area contributed by atoms with Crippen molar-refractivity contribution in [2.75, 3.05) is 47.5 Å². The van der Waals surface area contributed by atoms with E-state index in [2.05, 4.69) is 111 Å². The number of carbonyl (C=O) groups is 2. The molecule has 0 saturated heterocycles. The van der Waals surface area contributed by atoms with Crippen LogP contribution in [0.25, 0.3) is 0 Å². The Morgan fingerprint density at radius 1 is 0.416 bits per heavy atom. The van der Waals surface area contributed by atoms with Crippen molar-refractivity contribution in [2.24, 2.45) is 0 Å². The summed E-state index contributed by atoms with van der Waals surface area (Å²) in [6.07, 6.45) is 79.1. The zero-order valence-electron chi connectivity index (χ0n) is 50.4. The Bertz CT molecular complexity index is 1620. The van der Waals surface area contributed by atoms with Crippen LogP contribution < -0.4 is 4.89 Å². The van der Waals surface area contributed by atoms with Gasteiger partial charge < -0.3 is 27.9 Å². The van der Waals surface area contributed by atoms with Gasteiger partial charge in [0.2, 0.25) is 0 Å². The summed E-state index contributed by atoms with van der Waals surface area (Å²) in [7, 11) is 1.16. The number of allylic oxidation sites excluding steroid dienone is 16. The molecule has 2 atom stereocenters. The molecule has 0 aromatic heterocycles. The molecule has 0 spiro atoms. The fourth-order valence-corrected chi connectivity index (χ4v) is 9.23. The lowest BCUT2D eigenvalue weighted by atomic mass is 10.0. The van der Waals surface area contributed by atoms with E-state index >= 15 is 0 Å². The number of rotatable bonds is 57. The summed E-state index contributed by atoms with van der Waals surface area (Å²) in [4.78, 5) is 37.8. The smallest absolute Gasteiger partial charge is 0.306 e. The van der Waals surface area contributed by atoms with E-state index in [4.69, 9.17) is 18.5 Å². The van der Waals surface area contributed by atoms with Crippen LogP contribution in [0.5, 0.6) is 0 Å². The van der Waals surface area contributed by atoms with Gasteiger partial charge in [0.15, 0.2) is 6.10 Å². The Morgan fingerprint density at radius 3 is 1.10 bits per heavy atom. The molecule has 10 heteroatoms. The molecule has 77 heavy (non-hydrogen) atoms. The second-order valence-electron chi connectivity index (χ2n) is 22.0. The highest BCUT2D eigenvalue weighted by molar-refractivity contribution is 7.45. The minimum Gasteiger partial charge on any atom is -0.756 e. The van der Waals surface area contributed by atoms with Crippen LogP contribution in [0.1, 0.15) is 264 Å². The third-order valence-corrected chi connectivity index (χ3v) is 14.3. The number of nitrogens with zero attached hydrogens (tertiary/aromatic N) is 1. The molecule has 0 aromatic rings. The highest BCUT2D eigenvalue weighted by atomic mass is 31.2. The van der Waals surface area contributed by atoms with Crippen LogP contribution in [-0.2, 0) is 32.7 Å². The first-order chi connectivity index (χ1) is 37.5. The van der Waals surface area contributed by atoms with Gasteiger partial charge in [0.05, 0.1) is 27.7 Å². The fraction of sp³-hybridized carbons (Fsp3) is 0.731. The quantitative estimate of drug-likeness (QED) is 0.0195. The summed E-state index contributed by atoms with van der Waals surface area (Å²) < 4.78 is 34.1. The number of phosphoric acid groups is 1. The second-order valence-corrected chi connectivity index (χ2v) is 23.4. The van der Waals surface area contributed by atoms with E-state index in [-0.39, 0.29) is 26.1 Å². The standard InChI is InChI=1S/C67H118NO8P/c1-6-8-10-12-14-16-18-20-22-23-24-25-26-27-28-29-30-31-32-33-34-35-36-37-38-39-40-41-42-43-44-45-46-48-50-52-54-56-58-60-67(70)76-65(64-75-77(71,72)74-62-61-68(3,4)5)63-73-66(69)59-57-55-53-51-49-47-21-19-17-15-13-11-9-7-2/h8,10,13-16,19-22,24-25,27-28,30-31,65H,6-7,9,11-12,17-18,23,26,29,32-64H2,1-5H3/b10-8-,15-13-,16-14-,21-19-,22-20-,25-24-,28-27-,31-30-. The maximum absolute atomic E-state index is 12.8. The van der Waals surface area contributed by atoms with Gasteiger partial charge in [-0.3, -0.25) is 14.2 Å². The largest absolute Gasteiger partial charge is 0.756 e. The first-order valence-electron chi connectivity index (χ1n) is 31.4. The molecule has 9 nitrogen and oxygen atoms in total. The molecule has 0 amide bonds. The van der Waals surface area contributed by atoms with E-state index in [0.29, 0.717) is 23.9 Å². The Hall–Kier alpha value is -3.07. The van der Waals surface area contributed by atoms with Gasteiger partial charge in [0.1, 0.15) is 19.8 Å². The monoisotopic (exact) mass is 1100 g/mol. The lowest BCUT2D eigenvalue weighted by molar-refractivity contribution is -0.870. The predicted molar refractivity (Wildman–Crippen MR) is 328 cm³/mol. The van der Waals surface area contributed by atoms with Crippen molar-refractivity contribution in [2.45, 2.75) is 270 Å². The van der Waals surface area contributed by atoms with Gasteiger partial charge in [0.25, 0.3) is 7.82 Å². The molecule has 0 N–H and O–H groups in total. The molecule has 0 aromatic carbocycles. The Balaban J connectivity index is 3.96.